The lowest BCUT2D eigenvalue weighted by Crippen LogP contribution is -2.30. The van der Waals surface area contributed by atoms with Gasteiger partial charge < -0.3 is 4.74 Å². The van der Waals surface area contributed by atoms with Gasteiger partial charge in [-0.3, -0.25) is 16.3 Å². The number of nitrogens with two attached hydrogens (primary N) is 1. The van der Waals surface area contributed by atoms with E-state index in [-0.39, 0.29) is 11.9 Å². The van der Waals surface area contributed by atoms with Crippen molar-refractivity contribution in [1.82, 2.24) is 10.4 Å². The van der Waals surface area contributed by atoms with E-state index in [1.54, 1.807) is 19.4 Å². The van der Waals surface area contributed by atoms with Crippen molar-refractivity contribution in [3.05, 3.63) is 59.2 Å². The van der Waals surface area contributed by atoms with Gasteiger partial charge in [-0.05, 0) is 31.0 Å². The van der Waals surface area contributed by atoms with Crippen LogP contribution in [-0.2, 0) is 6.42 Å². The average Bonchev–Trinajstić information content (AvgIpc) is 2.46. The van der Waals surface area contributed by atoms with Crippen molar-refractivity contribution in [1.29, 1.82) is 0 Å². The number of methoxy groups -OCH3 is 1. The van der Waals surface area contributed by atoms with Gasteiger partial charge in [0, 0.05) is 11.8 Å². The number of aryl methyl sites for hydroxylation is 1. The molecule has 1 unspecified atom stereocenters. The zero-order valence-corrected chi connectivity index (χ0v) is 11.6. The molecule has 5 heteroatoms. The van der Waals surface area contributed by atoms with Crippen LogP contribution < -0.4 is 16.0 Å². The standard InChI is InChI=1S/C15H18FN3O/c1-10-3-4-15(20-2)11(7-10)8-14(19-17)12-5-6-18-9-13(12)16/h3-7,9,14,19H,8,17H2,1-2H3. The average molecular weight is 275 g/mol. The van der Waals surface area contributed by atoms with Crippen LogP contribution >= 0.6 is 0 Å². The fourth-order valence-electron chi connectivity index (χ4n) is 2.21. The molecule has 1 atom stereocenters. The molecule has 20 heavy (non-hydrogen) atoms. The summed E-state index contributed by atoms with van der Waals surface area (Å²) in [6.07, 6.45) is 3.27. The molecule has 0 aliphatic carbocycles. The summed E-state index contributed by atoms with van der Waals surface area (Å²) in [5.74, 6) is 5.97. The van der Waals surface area contributed by atoms with Crippen LogP contribution in [0.15, 0.2) is 36.7 Å². The van der Waals surface area contributed by atoms with Crippen LogP contribution in [0, 0.1) is 12.7 Å². The number of pyridine rings is 1. The third-order valence-electron chi connectivity index (χ3n) is 3.24. The Balaban J connectivity index is 2.31. The van der Waals surface area contributed by atoms with Crippen molar-refractivity contribution in [3.63, 3.8) is 0 Å². The van der Waals surface area contributed by atoms with Crippen molar-refractivity contribution in [3.8, 4) is 5.75 Å². The molecule has 1 aromatic carbocycles. The minimum absolute atomic E-state index is 0.339. The number of nitrogens with zero attached hydrogens (tertiary/aromatic N) is 1. The summed E-state index contributed by atoms with van der Waals surface area (Å²) in [6.45, 7) is 2.00. The summed E-state index contributed by atoms with van der Waals surface area (Å²) in [6, 6.07) is 7.18. The Hall–Kier alpha value is -1.98. The molecule has 3 N–H and O–H groups in total. The van der Waals surface area contributed by atoms with Crippen LogP contribution in [0.2, 0.25) is 0 Å². The normalized spacial score (nSPS) is 12.2. The fraction of sp³-hybridized carbons (Fsp3) is 0.267. The van der Waals surface area contributed by atoms with E-state index < -0.39 is 0 Å². The first-order chi connectivity index (χ1) is 9.65. The maximum Gasteiger partial charge on any atom is 0.146 e. The lowest BCUT2D eigenvalue weighted by atomic mass is 9.98. The molecule has 1 heterocycles. The lowest BCUT2D eigenvalue weighted by molar-refractivity contribution is 0.404. The van der Waals surface area contributed by atoms with Crippen LogP contribution in [0.4, 0.5) is 4.39 Å². The molecular weight excluding hydrogens is 257 g/mol. The zero-order valence-electron chi connectivity index (χ0n) is 11.6. The van der Waals surface area contributed by atoms with Gasteiger partial charge in [-0.2, -0.15) is 0 Å². The summed E-state index contributed by atoms with van der Waals surface area (Å²) < 4.78 is 19.1. The molecular formula is C15H18FN3O. The molecule has 0 aliphatic rings. The third-order valence-corrected chi connectivity index (χ3v) is 3.24. The lowest BCUT2D eigenvalue weighted by Gasteiger charge is -2.18. The molecule has 0 spiro atoms. The molecule has 2 rings (SSSR count). The van der Waals surface area contributed by atoms with Crippen LogP contribution in [0.1, 0.15) is 22.7 Å². The van der Waals surface area contributed by atoms with E-state index in [1.165, 1.54) is 6.20 Å². The quantitative estimate of drug-likeness (QED) is 0.649. The number of hydrogen-bond donors (Lipinski definition) is 2. The number of hydrogen-bond acceptors (Lipinski definition) is 4. The highest BCUT2D eigenvalue weighted by molar-refractivity contribution is 5.38. The monoisotopic (exact) mass is 275 g/mol. The van der Waals surface area contributed by atoms with Gasteiger partial charge in [-0.1, -0.05) is 17.7 Å². The summed E-state index contributed by atoms with van der Waals surface area (Å²) >= 11 is 0. The molecule has 0 saturated heterocycles. The third kappa shape index (κ3) is 3.12. The Morgan fingerprint density at radius 1 is 1.40 bits per heavy atom. The van der Waals surface area contributed by atoms with Crippen LogP contribution in [0.5, 0.6) is 5.75 Å². The van der Waals surface area contributed by atoms with Gasteiger partial charge in [0.1, 0.15) is 11.6 Å². The highest BCUT2D eigenvalue weighted by Gasteiger charge is 2.17. The second-order valence-electron chi connectivity index (χ2n) is 4.64. The molecule has 4 nitrogen and oxygen atoms in total. The Kier molecular flexibility index (Phi) is 4.65. The number of hydrazine groups is 1. The van der Waals surface area contributed by atoms with Crippen molar-refractivity contribution >= 4 is 0 Å². The van der Waals surface area contributed by atoms with Gasteiger partial charge in [0.25, 0.3) is 0 Å². The Morgan fingerprint density at radius 2 is 2.20 bits per heavy atom. The highest BCUT2D eigenvalue weighted by atomic mass is 19.1. The topological polar surface area (TPSA) is 60.2 Å². The van der Waals surface area contributed by atoms with E-state index in [1.807, 2.05) is 25.1 Å². The van der Waals surface area contributed by atoms with Crippen molar-refractivity contribution in [2.45, 2.75) is 19.4 Å². The predicted octanol–water partition coefficient (Wildman–Crippen LogP) is 2.28. The molecule has 0 saturated carbocycles. The molecule has 1 aromatic heterocycles. The minimum Gasteiger partial charge on any atom is -0.496 e. The van der Waals surface area contributed by atoms with E-state index >= 15 is 0 Å². The first-order valence-electron chi connectivity index (χ1n) is 6.34. The largest absolute Gasteiger partial charge is 0.496 e. The van der Waals surface area contributed by atoms with Gasteiger partial charge >= 0.3 is 0 Å². The molecule has 0 bridgehead atoms. The van der Waals surface area contributed by atoms with E-state index in [2.05, 4.69) is 10.4 Å². The SMILES string of the molecule is COc1ccc(C)cc1CC(NN)c1ccncc1F. The number of rotatable bonds is 5. The fourth-order valence-corrected chi connectivity index (χ4v) is 2.21. The number of aromatic nitrogens is 1. The van der Waals surface area contributed by atoms with Gasteiger partial charge in [0.15, 0.2) is 0 Å². The number of nitrogens with one attached hydrogen (secondary N) is 1. The second kappa shape index (κ2) is 6.45. The Labute approximate surface area is 117 Å². The highest BCUT2D eigenvalue weighted by Crippen LogP contribution is 2.26. The smallest absolute Gasteiger partial charge is 0.146 e. The van der Waals surface area contributed by atoms with Crippen molar-refractivity contribution in [2.75, 3.05) is 7.11 Å². The Morgan fingerprint density at radius 3 is 2.85 bits per heavy atom. The number of benzene rings is 1. The summed E-state index contributed by atoms with van der Waals surface area (Å²) in [5, 5.41) is 0. The first-order valence-corrected chi connectivity index (χ1v) is 6.34. The molecule has 2 aromatic rings. The van der Waals surface area contributed by atoms with Gasteiger partial charge in [0.05, 0.1) is 19.3 Å². The van der Waals surface area contributed by atoms with E-state index in [9.17, 15) is 4.39 Å². The molecule has 0 radical (unpaired) electrons. The maximum atomic E-state index is 13.8. The predicted molar refractivity (Wildman–Crippen MR) is 75.7 cm³/mol. The molecule has 0 fully saturated rings. The van der Waals surface area contributed by atoms with Crippen LogP contribution in [0.25, 0.3) is 0 Å². The second-order valence-corrected chi connectivity index (χ2v) is 4.64. The van der Waals surface area contributed by atoms with E-state index in [0.29, 0.717) is 12.0 Å². The molecule has 0 aliphatic heterocycles. The van der Waals surface area contributed by atoms with Crippen LogP contribution in [0.3, 0.4) is 0 Å². The first kappa shape index (κ1) is 14.4. The summed E-state index contributed by atoms with van der Waals surface area (Å²) in [4.78, 5) is 3.75. The number of ether oxygens (including phenoxy) is 1. The summed E-state index contributed by atoms with van der Waals surface area (Å²) in [5.41, 5.74) is 5.24. The molecule has 106 valence electrons. The maximum absolute atomic E-state index is 13.8. The minimum atomic E-state index is -0.373. The van der Waals surface area contributed by atoms with Crippen LogP contribution in [-0.4, -0.2) is 12.1 Å². The summed E-state index contributed by atoms with van der Waals surface area (Å²) in [7, 11) is 1.62. The Bertz CT molecular complexity index is 589. The number of halogens is 1. The van der Waals surface area contributed by atoms with Gasteiger partial charge in [-0.25, -0.2) is 4.39 Å². The van der Waals surface area contributed by atoms with Gasteiger partial charge in [0.2, 0.25) is 0 Å². The zero-order chi connectivity index (χ0) is 14.5. The van der Waals surface area contributed by atoms with Crippen molar-refractivity contribution < 1.29 is 9.13 Å². The van der Waals surface area contributed by atoms with Gasteiger partial charge in [-0.15, -0.1) is 0 Å². The van der Waals surface area contributed by atoms with E-state index in [4.69, 9.17) is 10.6 Å². The van der Waals surface area contributed by atoms with Crippen molar-refractivity contribution in [2.24, 2.45) is 5.84 Å². The molecule has 0 amide bonds. The van der Waals surface area contributed by atoms with E-state index in [0.717, 1.165) is 16.9 Å².